The average Bonchev–Trinajstić information content (AvgIpc) is 2.62. The van der Waals surface area contributed by atoms with Gasteiger partial charge in [0.05, 0.1) is 6.54 Å². The quantitative estimate of drug-likeness (QED) is 0.768. The van der Waals surface area contributed by atoms with Crippen molar-refractivity contribution in [3.63, 3.8) is 0 Å². The summed E-state index contributed by atoms with van der Waals surface area (Å²) in [6.45, 7) is 3.31. The number of fused-ring (bicyclic) bond motifs is 1. The molecule has 1 aromatic heterocycles. The highest BCUT2D eigenvalue weighted by atomic mass is 32.6. The lowest BCUT2D eigenvalue weighted by molar-refractivity contribution is 0.395. The Hall–Kier alpha value is 0.790. The second kappa shape index (κ2) is 4.75. The first-order chi connectivity index (χ1) is 6.72. The molecule has 1 aliphatic heterocycles. The van der Waals surface area contributed by atoms with Crippen LogP contribution in [0.5, 0.6) is 0 Å². The van der Waals surface area contributed by atoms with Gasteiger partial charge in [-0.2, -0.15) is 0 Å². The lowest BCUT2D eigenvalue weighted by Crippen LogP contribution is -2.30. The molecule has 4 nitrogen and oxygen atoms in total. The van der Waals surface area contributed by atoms with E-state index in [1.54, 1.807) is 0 Å². The van der Waals surface area contributed by atoms with Gasteiger partial charge in [0.15, 0.2) is 5.82 Å². The van der Waals surface area contributed by atoms with Crippen LogP contribution in [-0.4, -0.2) is 25.9 Å². The number of hydrogen-bond acceptors (Lipinski definition) is 3. The fourth-order valence-corrected chi connectivity index (χ4v) is 7.40. The predicted octanol–water partition coefficient (Wildman–Crippen LogP) is 1.89. The average molecular weight is 266 g/mol. The largest absolute Gasteiger partial charge is 0.229 e. The van der Waals surface area contributed by atoms with Gasteiger partial charge in [0.1, 0.15) is 0 Å². The van der Waals surface area contributed by atoms with Crippen LogP contribution in [0.4, 0.5) is 0 Å². The topological polar surface area (TPSA) is 43.6 Å². The molecule has 6 unspecified atom stereocenters. The zero-order chi connectivity index (χ0) is 10.1. The van der Waals surface area contributed by atoms with Gasteiger partial charge in [-0.05, 0) is 16.3 Å². The Kier molecular flexibility index (Phi) is 3.83. The van der Waals surface area contributed by atoms with E-state index < -0.39 is 0 Å². The van der Waals surface area contributed by atoms with E-state index in [1.165, 1.54) is 0 Å². The molecular weight excluding hydrogens is 252 g/mol. The maximum Gasteiger partial charge on any atom is 0.151 e. The molecule has 0 saturated heterocycles. The van der Waals surface area contributed by atoms with Crippen LogP contribution >= 0.6 is 33.1 Å². The fraction of sp³-hybridized carbons (Fsp3) is 0.833. The Labute approximate surface area is 91.0 Å². The SMILES string of the molecule is CC1Cc2nnnn2CC1P(P)PP. The van der Waals surface area contributed by atoms with Crippen LogP contribution in [0.25, 0.3) is 0 Å². The first kappa shape index (κ1) is 11.3. The Morgan fingerprint density at radius 1 is 1.64 bits per heavy atom. The van der Waals surface area contributed by atoms with Crippen molar-refractivity contribution < 1.29 is 0 Å². The van der Waals surface area contributed by atoms with Gasteiger partial charge in [0, 0.05) is 12.1 Å². The van der Waals surface area contributed by atoms with Gasteiger partial charge in [-0.3, -0.25) is 0 Å². The fourth-order valence-electron chi connectivity index (χ4n) is 1.75. The third kappa shape index (κ3) is 2.14. The van der Waals surface area contributed by atoms with Gasteiger partial charge >= 0.3 is 0 Å². The van der Waals surface area contributed by atoms with E-state index in [2.05, 4.69) is 40.3 Å². The van der Waals surface area contributed by atoms with Crippen molar-refractivity contribution in [2.45, 2.75) is 25.5 Å². The van der Waals surface area contributed by atoms with Crippen LogP contribution in [0, 0.1) is 5.92 Å². The molecular formula is C6H14N4P4. The summed E-state index contributed by atoms with van der Waals surface area (Å²) in [5.74, 6) is 1.76. The maximum atomic E-state index is 4.03. The summed E-state index contributed by atoms with van der Waals surface area (Å²) >= 11 is 0. The Morgan fingerprint density at radius 3 is 3.14 bits per heavy atom. The predicted molar refractivity (Wildman–Crippen MR) is 69.1 cm³/mol. The van der Waals surface area contributed by atoms with Gasteiger partial charge in [-0.25, -0.2) is 4.68 Å². The third-order valence-corrected chi connectivity index (χ3v) is 14.1. The molecule has 0 fully saturated rings. The highest BCUT2D eigenvalue weighted by Gasteiger charge is 2.30. The van der Waals surface area contributed by atoms with E-state index in [1.807, 2.05) is 4.68 Å². The van der Waals surface area contributed by atoms with Crippen molar-refractivity contribution >= 4 is 33.1 Å². The number of tetrazole rings is 1. The molecule has 0 spiro atoms. The molecule has 0 aliphatic carbocycles. The molecule has 1 aromatic rings. The highest BCUT2D eigenvalue weighted by molar-refractivity contribution is 8.61. The molecule has 2 heterocycles. The molecule has 0 amide bonds. The van der Waals surface area contributed by atoms with Gasteiger partial charge in [0.2, 0.25) is 0 Å². The molecule has 0 bridgehead atoms. The third-order valence-electron chi connectivity index (χ3n) is 2.63. The second-order valence-corrected chi connectivity index (χ2v) is 13.2. The number of hydrogen-bond donors (Lipinski definition) is 0. The molecule has 0 aromatic carbocycles. The monoisotopic (exact) mass is 266 g/mol. The number of rotatable bonds is 2. The normalized spacial score (nSPS) is 29.4. The highest BCUT2D eigenvalue weighted by Crippen LogP contribution is 2.70. The second-order valence-electron chi connectivity index (χ2n) is 3.56. The molecule has 78 valence electrons. The van der Waals surface area contributed by atoms with Crippen molar-refractivity contribution in [2.75, 3.05) is 0 Å². The van der Waals surface area contributed by atoms with Gasteiger partial charge in [-0.1, -0.05) is 22.2 Å². The van der Waals surface area contributed by atoms with E-state index >= 15 is 0 Å². The minimum atomic E-state index is 0.0496. The van der Waals surface area contributed by atoms with E-state index in [-0.39, 0.29) is 7.30 Å². The van der Waals surface area contributed by atoms with Crippen molar-refractivity contribution in [1.29, 1.82) is 0 Å². The van der Waals surface area contributed by atoms with Crippen LogP contribution in [0.1, 0.15) is 12.7 Å². The molecule has 2 rings (SSSR count). The van der Waals surface area contributed by atoms with Crippen LogP contribution in [0.15, 0.2) is 0 Å². The molecule has 0 radical (unpaired) electrons. The Balaban J connectivity index is 2.17. The van der Waals surface area contributed by atoms with Crippen LogP contribution in [-0.2, 0) is 13.0 Å². The standard InChI is InChI=1S/C6H14N4P4/c1-4-2-6-7-8-9-10(6)3-5(4)14(12)13-11/h4-5,13H,2-3,11-12H2,1H3. The first-order valence-corrected chi connectivity index (χ1v) is 11.2. The maximum absolute atomic E-state index is 4.03. The molecule has 14 heavy (non-hydrogen) atoms. The molecule has 0 saturated carbocycles. The van der Waals surface area contributed by atoms with Gasteiger partial charge in [-0.15, -0.1) is 23.0 Å². The van der Waals surface area contributed by atoms with E-state index in [0.717, 1.165) is 32.4 Å². The summed E-state index contributed by atoms with van der Waals surface area (Å²) in [5.41, 5.74) is 0.752. The summed E-state index contributed by atoms with van der Waals surface area (Å²) in [7, 11) is 6.88. The summed E-state index contributed by atoms with van der Waals surface area (Å²) in [6, 6.07) is 0. The van der Waals surface area contributed by atoms with E-state index in [4.69, 9.17) is 0 Å². The van der Waals surface area contributed by atoms with Crippen molar-refractivity contribution in [3.05, 3.63) is 5.82 Å². The smallest absolute Gasteiger partial charge is 0.151 e. The van der Waals surface area contributed by atoms with Crippen molar-refractivity contribution in [2.24, 2.45) is 5.92 Å². The summed E-state index contributed by atoms with van der Waals surface area (Å²) in [4.78, 5) is 0. The summed E-state index contributed by atoms with van der Waals surface area (Å²) < 4.78 is 1.97. The van der Waals surface area contributed by atoms with Gasteiger partial charge < -0.3 is 0 Å². The molecule has 8 heteroatoms. The lowest BCUT2D eigenvalue weighted by Gasteiger charge is -2.32. The van der Waals surface area contributed by atoms with Crippen LogP contribution in [0.2, 0.25) is 0 Å². The zero-order valence-electron chi connectivity index (χ0n) is 7.96. The number of nitrogens with zero attached hydrogens (tertiary/aromatic N) is 4. The minimum Gasteiger partial charge on any atom is -0.229 e. The minimum absolute atomic E-state index is 0.0496. The molecule has 0 N–H and O–H groups in total. The van der Waals surface area contributed by atoms with Gasteiger partial charge in [0.25, 0.3) is 0 Å². The Morgan fingerprint density at radius 2 is 2.43 bits per heavy atom. The summed E-state index contributed by atoms with van der Waals surface area (Å²) in [5, 5.41) is 11.8. The lowest BCUT2D eigenvalue weighted by atomic mass is 10.0. The molecule has 1 aliphatic rings. The number of aromatic nitrogens is 4. The zero-order valence-corrected chi connectivity index (χ0v) is 12.2. The first-order valence-electron chi connectivity index (χ1n) is 4.47. The van der Waals surface area contributed by atoms with Crippen LogP contribution < -0.4 is 0 Å². The molecule has 6 atom stereocenters. The van der Waals surface area contributed by atoms with Crippen LogP contribution in [0.3, 0.4) is 0 Å². The summed E-state index contributed by atoms with van der Waals surface area (Å²) in [6.07, 6.45) is 1.03. The van der Waals surface area contributed by atoms with E-state index in [9.17, 15) is 0 Å². The van der Waals surface area contributed by atoms with E-state index in [0.29, 0.717) is 5.92 Å². The van der Waals surface area contributed by atoms with Crippen molar-refractivity contribution in [1.82, 2.24) is 20.2 Å². The Bertz CT molecular complexity index is 317. The van der Waals surface area contributed by atoms with Crippen molar-refractivity contribution in [3.8, 4) is 0 Å².